The van der Waals surface area contributed by atoms with E-state index in [1.165, 1.54) is 0 Å². The molecule has 1 saturated heterocycles. The number of hydrogen-bond acceptors (Lipinski definition) is 4. The van der Waals surface area contributed by atoms with Gasteiger partial charge < -0.3 is 9.73 Å². The van der Waals surface area contributed by atoms with Crippen LogP contribution in [0.3, 0.4) is 0 Å². The van der Waals surface area contributed by atoms with Gasteiger partial charge in [-0.05, 0) is 31.0 Å². The first kappa shape index (κ1) is 16.0. The second kappa shape index (κ2) is 6.60. The maximum Gasteiger partial charge on any atom is 0.336 e. The van der Waals surface area contributed by atoms with Crippen LogP contribution in [0.5, 0.6) is 0 Å². The summed E-state index contributed by atoms with van der Waals surface area (Å²) in [5.41, 5.74) is 2.59. The van der Waals surface area contributed by atoms with Crippen molar-refractivity contribution in [2.75, 3.05) is 19.6 Å². The molecule has 2 heterocycles. The molecule has 4 nitrogen and oxygen atoms in total. The Morgan fingerprint density at radius 2 is 2.19 bits per heavy atom. The van der Waals surface area contributed by atoms with E-state index in [2.05, 4.69) is 29.3 Å². The van der Waals surface area contributed by atoms with E-state index in [4.69, 9.17) is 4.42 Å². The fraction of sp³-hybridized carbons (Fsp3) is 0.438. The molecule has 1 aliphatic heterocycles. The van der Waals surface area contributed by atoms with E-state index < -0.39 is 0 Å². The first-order valence-corrected chi connectivity index (χ1v) is 7.11. The van der Waals surface area contributed by atoms with E-state index in [0.29, 0.717) is 11.6 Å². The van der Waals surface area contributed by atoms with Crippen LogP contribution in [0.2, 0.25) is 0 Å². The van der Waals surface area contributed by atoms with E-state index in [0.717, 1.165) is 42.7 Å². The SMILES string of the molecule is Cc1ccc2c(CN3CCNCC3C)cc(=O)oc2c1.Cl. The third-order valence-electron chi connectivity index (χ3n) is 4.00. The minimum atomic E-state index is -0.263. The molecule has 1 aromatic heterocycles. The van der Waals surface area contributed by atoms with Crippen molar-refractivity contribution in [3.05, 3.63) is 45.8 Å². The quantitative estimate of drug-likeness (QED) is 0.865. The Kier molecular flexibility index (Phi) is 5.04. The van der Waals surface area contributed by atoms with Crippen LogP contribution in [0.25, 0.3) is 11.0 Å². The predicted octanol–water partition coefficient (Wildman–Crippen LogP) is 2.32. The summed E-state index contributed by atoms with van der Waals surface area (Å²) >= 11 is 0. The molecule has 0 saturated carbocycles. The number of benzene rings is 1. The molecular formula is C16H21ClN2O2. The smallest absolute Gasteiger partial charge is 0.336 e. The summed E-state index contributed by atoms with van der Waals surface area (Å²) in [7, 11) is 0. The van der Waals surface area contributed by atoms with Crippen LogP contribution in [0.15, 0.2) is 33.5 Å². The van der Waals surface area contributed by atoms with Crippen molar-refractivity contribution in [3.63, 3.8) is 0 Å². The lowest BCUT2D eigenvalue weighted by molar-refractivity contribution is 0.166. The Morgan fingerprint density at radius 3 is 2.95 bits per heavy atom. The zero-order valence-electron chi connectivity index (χ0n) is 12.4. The number of nitrogens with one attached hydrogen (secondary N) is 1. The Hall–Kier alpha value is -1.36. The van der Waals surface area contributed by atoms with Crippen LogP contribution < -0.4 is 10.9 Å². The van der Waals surface area contributed by atoms with Gasteiger partial charge in [0.15, 0.2) is 0 Å². The highest BCUT2D eigenvalue weighted by Gasteiger charge is 2.19. The lowest BCUT2D eigenvalue weighted by atomic mass is 10.1. The normalized spacial score (nSPS) is 19.4. The fourth-order valence-electron chi connectivity index (χ4n) is 2.80. The highest BCUT2D eigenvalue weighted by Crippen LogP contribution is 2.20. The summed E-state index contributed by atoms with van der Waals surface area (Å²) in [6.45, 7) is 8.03. The zero-order valence-corrected chi connectivity index (χ0v) is 13.2. The average molecular weight is 309 g/mol. The summed E-state index contributed by atoms with van der Waals surface area (Å²) in [5, 5.41) is 4.43. The molecule has 21 heavy (non-hydrogen) atoms. The number of aryl methyl sites for hydroxylation is 1. The maximum atomic E-state index is 11.7. The van der Waals surface area contributed by atoms with Crippen molar-refractivity contribution >= 4 is 23.4 Å². The maximum absolute atomic E-state index is 11.7. The molecule has 0 radical (unpaired) electrons. The molecule has 0 bridgehead atoms. The summed E-state index contributed by atoms with van der Waals surface area (Å²) in [6.07, 6.45) is 0. The number of rotatable bonds is 2. The second-order valence-corrected chi connectivity index (χ2v) is 5.61. The summed E-state index contributed by atoms with van der Waals surface area (Å²) in [6, 6.07) is 8.16. The van der Waals surface area contributed by atoms with Gasteiger partial charge in [0.1, 0.15) is 5.58 Å². The summed E-state index contributed by atoms with van der Waals surface area (Å²) < 4.78 is 5.31. The van der Waals surface area contributed by atoms with Crippen LogP contribution in [-0.4, -0.2) is 30.6 Å². The molecule has 1 N–H and O–H groups in total. The molecule has 2 aromatic rings. The number of halogens is 1. The van der Waals surface area contributed by atoms with Crippen LogP contribution in [-0.2, 0) is 6.54 Å². The molecule has 1 unspecified atom stereocenters. The standard InChI is InChI=1S/C16H20N2O2.ClH/c1-11-3-4-14-13(8-16(19)20-15(14)7-11)10-18-6-5-17-9-12(18)2;/h3-4,7-8,12,17H,5-6,9-10H2,1-2H3;1H. The molecule has 1 aromatic carbocycles. The van der Waals surface area contributed by atoms with Gasteiger partial charge in [-0.3, -0.25) is 4.90 Å². The molecule has 0 spiro atoms. The van der Waals surface area contributed by atoms with Gasteiger partial charge in [-0.2, -0.15) is 0 Å². The Bertz CT molecular complexity index is 684. The predicted molar refractivity (Wildman–Crippen MR) is 87.2 cm³/mol. The Labute approximate surface area is 130 Å². The van der Waals surface area contributed by atoms with Gasteiger partial charge in [0.2, 0.25) is 0 Å². The second-order valence-electron chi connectivity index (χ2n) is 5.61. The number of fused-ring (bicyclic) bond motifs is 1. The monoisotopic (exact) mass is 308 g/mol. The molecule has 1 aliphatic rings. The molecule has 114 valence electrons. The highest BCUT2D eigenvalue weighted by atomic mass is 35.5. The third kappa shape index (κ3) is 3.46. The van der Waals surface area contributed by atoms with E-state index in [1.54, 1.807) is 6.07 Å². The van der Waals surface area contributed by atoms with Crippen LogP contribution in [0.4, 0.5) is 0 Å². The van der Waals surface area contributed by atoms with Crippen molar-refractivity contribution in [1.29, 1.82) is 0 Å². The molecule has 3 rings (SSSR count). The first-order valence-electron chi connectivity index (χ1n) is 7.11. The minimum Gasteiger partial charge on any atom is -0.423 e. The average Bonchev–Trinajstić information content (AvgIpc) is 2.40. The van der Waals surface area contributed by atoms with E-state index in [1.807, 2.05) is 13.0 Å². The van der Waals surface area contributed by atoms with Gasteiger partial charge in [-0.25, -0.2) is 4.79 Å². The van der Waals surface area contributed by atoms with Crippen LogP contribution >= 0.6 is 12.4 Å². The molecule has 0 aliphatic carbocycles. The van der Waals surface area contributed by atoms with Gasteiger partial charge in [0, 0.05) is 43.7 Å². The summed E-state index contributed by atoms with van der Waals surface area (Å²) in [5.74, 6) is 0. The lowest BCUT2D eigenvalue weighted by Crippen LogP contribution is -2.49. The number of piperazine rings is 1. The van der Waals surface area contributed by atoms with Crippen molar-refractivity contribution in [2.45, 2.75) is 26.4 Å². The molecule has 1 atom stereocenters. The third-order valence-corrected chi connectivity index (χ3v) is 4.00. The van der Waals surface area contributed by atoms with Crippen molar-refractivity contribution < 1.29 is 4.42 Å². The van der Waals surface area contributed by atoms with Crippen molar-refractivity contribution in [2.24, 2.45) is 0 Å². The first-order chi connectivity index (χ1) is 9.63. The van der Waals surface area contributed by atoms with Crippen molar-refractivity contribution in [3.8, 4) is 0 Å². The Balaban J connectivity index is 0.00000161. The number of nitrogens with zero attached hydrogens (tertiary/aromatic N) is 1. The van der Waals surface area contributed by atoms with Gasteiger partial charge in [-0.15, -0.1) is 12.4 Å². The largest absolute Gasteiger partial charge is 0.423 e. The van der Waals surface area contributed by atoms with E-state index in [-0.39, 0.29) is 18.0 Å². The highest BCUT2D eigenvalue weighted by molar-refractivity contribution is 5.85. The molecular weight excluding hydrogens is 288 g/mol. The van der Waals surface area contributed by atoms with E-state index >= 15 is 0 Å². The van der Waals surface area contributed by atoms with Crippen LogP contribution in [0, 0.1) is 6.92 Å². The van der Waals surface area contributed by atoms with E-state index in [9.17, 15) is 4.79 Å². The topological polar surface area (TPSA) is 45.5 Å². The Morgan fingerprint density at radius 1 is 1.38 bits per heavy atom. The number of hydrogen-bond donors (Lipinski definition) is 1. The summed E-state index contributed by atoms with van der Waals surface area (Å²) in [4.78, 5) is 14.1. The molecule has 1 fully saturated rings. The molecule has 5 heteroatoms. The van der Waals surface area contributed by atoms with Gasteiger partial charge in [0.25, 0.3) is 0 Å². The lowest BCUT2D eigenvalue weighted by Gasteiger charge is -2.34. The minimum absolute atomic E-state index is 0. The van der Waals surface area contributed by atoms with Crippen molar-refractivity contribution in [1.82, 2.24) is 10.2 Å². The van der Waals surface area contributed by atoms with Crippen LogP contribution in [0.1, 0.15) is 18.1 Å². The molecule has 0 amide bonds. The van der Waals surface area contributed by atoms with Gasteiger partial charge in [-0.1, -0.05) is 12.1 Å². The van der Waals surface area contributed by atoms with Gasteiger partial charge >= 0.3 is 5.63 Å². The zero-order chi connectivity index (χ0) is 14.1. The fourth-order valence-corrected chi connectivity index (χ4v) is 2.80. The van der Waals surface area contributed by atoms with Gasteiger partial charge in [0.05, 0.1) is 0 Å².